The average Bonchev–Trinajstić information content (AvgIpc) is 3.98. The van der Waals surface area contributed by atoms with E-state index < -0.39 is 0 Å². The third kappa shape index (κ3) is 4.64. The standard InChI is InChI=1S/C54H33NO2S/c1-2-10-38-32(9-1)19-20-35-31-37(27-28-39(35)38)55(45-16-8-14-42-41-11-4-6-18-49(41)58-54(42)45)36-25-21-33(22-26-36)40-13-7-15-44-52-48(57-53(40)44)30-24-34-23-29-47-51(50(34)52)43-12-3-5-17-46(43)56-47/h1-31,41,49H. The maximum Gasteiger partial charge on any atom is 0.143 e. The summed E-state index contributed by atoms with van der Waals surface area (Å²) in [5, 5.41) is 12.2. The second-order valence-corrected chi connectivity index (χ2v) is 16.7. The summed E-state index contributed by atoms with van der Waals surface area (Å²) < 4.78 is 13.1. The first-order valence-electron chi connectivity index (χ1n) is 19.9. The van der Waals surface area contributed by atoms with E-state index in [1.165, 1.54) is 48.5 Å². The summed E-state index contributed by atoms with van der Waals surface area (Å²) in [7, 11) is 0. The molecule has 11 aromatic rings. The molecule has 1 aliphatic carbocycles. The molecule has 1 aliphatic heterocycles. The van der Waals surface area contributed by atoms with Crippen LogP contribution in [-0.2, 0) is 0 Å². The molecule has 0 saturated carbocycles. The number of nitrogens with zero attached hydrogens (tertiary/aromatic N) is 1. The van der Waals surface area contributed by atoms with E-state index in [2.05, 4.69) is 181 Å². The molecular formula is C54H33NO2S. The molecular weight excluding hydrogens is 727 g/mol. The second kappa shape index (κ2) is 12.2. The Hall–Kier alpha value is -7.01. The van der Waals surface area contributed by atoms with E-state index in [-0.39, 0.29) is 0 Å². The normalized spacial score (nSPS) is 16.1. The lowest BCUT2D eigenvalue weighted by atomic mass is 9.92. The number of benzene rings is 9. The van der Waals surface area contributed by atoms with Crippen molar-refractivity contribution in [2.24, 2.45) is 0 Å². The van der Waals surface area contributed by atoms with Crippen molar-refractivity contribution in [3.63, 3.8) is 0 Å². The molecule has 13 rings (SSSR count). The van der Waals surface area contributed by atoms with Gasteiger partial charge >= 0.3 is 0 Å². The van der Waals surface area contributed by atoms with Crippen LogP contribution in [0.4, 0.5) is 17.1 Å². The third-order valence-corrected chi connectivity index (χ3v) is 13.8. The van der Waals surface area contributed by atoms with Crippen LogP contribution in [0.2, 0.25) is 0 Å². The number of fused-ring (bicyclic) bond motifs is 15. The second-order valence-electron chi connectivity index (χ2n) is 15.5. The first-order chi connectivity index (χ1) is 28.7. The Kier molecular flexibility index (Phi) is 6.78. The molecule has 2 atom stereocenters. The van der Waals surface area contributed by atoms with Crippen molar-refractivity contribution in [1.82, 2.24) is 0 Å². The van der Waals surface area contributed by atoms with Gasteiger partial charge in [0.2, 0.25) is 0 Å². The molecule has 0 amide bonds. The number of allylic oxidation sites excluding steroid dienone is 3. The van der Waals surface area contributed by atoms with Gasteiger partial charge in [0, 0.05) is 59.9 Å². The van der Waals surface area contributed by atoms with E-state index in [0.717, 1.165) is 66.4 Å². The van der Waals surface area contributed by atoms with E-state index in [4.69, 9.17) is 8.83 Å². The van der Waals surface area contributed by atoms with Crippen LogP contribution in [0.3, 0.4) is 0 Å². The highest BCUT2D eigenvalue weighted by molar-refractivity contribution is 8.00. The van der Waals surface area contributed by atoms with Crippen LogP contribution in [0, 0.1) is 0 Å². The predicted octanol–water partition coefficient (Wildman–Crippen LogP) is 15.8. The highest BCUT2D eigenvalue weighted by Gasteiger charge is 2.34. The third-order valence-electron chi connectivity index (χ3n) is 12.4. The first-order valence-corrected chi connectivity index (χ1v) is 20.8. The SMILES string of the molecule is C1=CC2Sc3c(cccc3N(c3ccc(-c4cccc5c4oc4ccc6ccc7oc8ccccc8c7c6c45)cc3)c3ccc4c(ccc5ccccc54)c3)C2C=C1. The van der Waals surface area contributed by atoms with Gasteiger partial charge < -0.3 is 13.7 Å². The summed E-state index contributed by atoms with van der Waals surface area (Å²) in [6.07, 6.45) is 9.09. The number of hydrogen-bond donors (Lipinski definition) is 0. The van der Waals surface area contributed by atoms with Crippen LogP contribution in [0.25, 0.3) is 87.3 Å². The lowest BCUT2D eigenvalue weighted by Crippen LogP contribution is -2.11. The molecule has 0 N–H and O–H groups in total. The largest absolute Gasteiger partial charge is 0.456 e. The van der Waals surface area contributed by atoms with Gasteiger partial charge in [-0.05, 0) is 86.6 Å². The quantitative estimate of drug-likeness (QED) is 0.167. The zero-order valence-corrected chi connectivity index (χ0v) is 32.0. The first kappa shape index (κ1) is 32.1. The number of hydrogen-bond acceptors (Lipinski definition) is 4. The van der Waals surface area contributed by atoms with Gasteiger partial charge in [0.1, 0.15) is 22.3 Å². The van der Waals surface area contributed by atoms with Crippen molar-refractivity contribution in [2.45, 2.75) is 16.1 Å². The van der Waals surface area contributed by atoms with E-state index in [1.807, 2.05) is 23.9 Å². The van der Waals surface area contributed by atoms with Crippen molar-refractivity contribution < 1.29 is 8.83 Å². The fourth-order valence-corrected chi connectivity index (χ4v) is 11.2. The Morgan fingerprint density at radius 3 is 2.09 bits per heavy atom. The van der Waals surface area contributed by atoms with Gasteiger partial charge in [-0.25, -0.2) is 0 Å². The molecule has 0 bridgehead atoms. The lowest BCUT2D eigenvalue weighted by molar-refractivity contribution is 0.669. The average molecular weight is 760 g/mol. The molecule has 4 heteroatoms. The molecule has 58 heavy (non-hydrogen) atoms. The number of thioether (sulfide) groups is 1. The van der Waals surface area contributed by atoms with Gasteiger partial charge in [0.15, 0.2) is 0 Å². The highest BCUT2D eigenvalue weighted by Crippen LogP contribution is 2.54. The summed E-state index contributed by atoms with van der Waals surface area (Å²) in [6, 6.07) is 59.3. The smallest absolute Gasteiger partial charge is 0.143 e. The van der Waals surface area contributed by atoms with Gasteiger partial charge in [0.05, 0.1) is 5.69 Å². The Morgan fingerprint density at radius 2 is 1.17 bits per heavy atom. The van der Waals surface area contributed by atoms with Crippen LogP contribution in [-0.4, -0.2) is 5.25 Å². The van der Waals surface area contributed by atoms with Crippen LogP contribution in [0.15, 0.2) is 202 Å². The van der Waals surface area contributed by atoms with Gasteiger partial charge in [-0.2, -0.15) is 0 Å². The van der Waals surface area contributed by atoms with Gasteiger partial charge in [-0.1, -0.05) is 140 Å². The molecule has 9 aromatic carbocycles. The summed E-state index contributed by atoms with van der Waals surface area (Å²) in [6.45, 7) is 0. The molecule has 2 unspecified atom stereocenters. The Bertz CT molecular complexity index is 3570. The summed E-state index contributed by atoms with van der Waals surface area (Å²) in [5.74, 6) is 0.377. The molecule has 0 fully saturated rings. The van der Waals surface area contributed by atoms with Crippen LogP contribution in [0.5, 0.6) is 0 Å². The molecule has 0 saturated heterocycles. The molecule has 0 radical (unpaired) electrons. The van der Waals surface area contributed by atoms with Crippen molar-refractivity contribution >= 4 is 105 Å². The maximum absolute atomic E-state index is 6.81. The van der Waals surface area contributed by atoms with Gasteiger partial charge in [0.25, 0.3) is 0 Å². The van der Waals surface area contributed by atoms with Crippen molar-refractivity contribution in [3.8, 4) is 11.1 Å². The molecule has 272 valence electrons. The lowest BCUT2D eigenvalue weighted by Gasteiger charge is -2.28. The fraction of sp³-hybridized carbons (Fsp3) is 0.0370. The van der Waals surface area contributed by atoms with E-state index in [1.54, 1.807) is 0 Å². The van der Waals surface area contributed by atoms with Crippen molar-refractivity contribution in [2.75, 3.05) is 4.90 Å². The van der Waals surface area contributed by atoms with E-state index in [0.29, 0.717) is 11.2 Å². The number of furan rings is 2. The topological polar surface area (TPSA) is 29.5 Å². The highest BCUT2D eigenvalue weighted by atomic mass is 32.2. The fourth-order valence-electron chi connectivity index (χ4n) is 9.73. The minimum absolute atomic E-state index is 0.377. The van der Waals surface area contributed by atoms with E-state index in [9.17, 15) is 0 Å². The number of anilines is 3. The summed E-state index contributed by atoms with van der Waals surface area (Å²) >= 11 is 1.98. The molecule has 2 aromatic heterocycles. The van der Waals surface area contributed by atoms with Crippen LogP contribution in [0.1, 0.15) is 11.5 Å². The molecule has 2 aliphatic rings. The Balaban J connectivity index is 0.978. The van der Waals surface area contributed by atoms with Crippen molar-refractivity contribution in [1.29, 1.82) is 0 Å². The van der Waals surface area contributed by atoms with Gasteiger partial charge in [-0.3, -0.25) is 0 Å². The molecule has 3 heterocycles. The number of rotatable bonds is 4. The van der Waals surface area contributed by atoms with E-state index >= 15 is 0 Å². The summed E-state index contributed by atoms with van der Waals surface area (Å²) in [5.41, 5.74) is 10.6. The minimum atomic E-state index is 0.377. The zero-order valence-electron chi connectivity index (χ0n) is 31.2. The number of para-hydroxylation sites is 2. The maximum atomic E-state index is 6.81. The van der Waals surface area contributed by atoms with Gasteiger partial charge in [-0.15, -0.1) is 11.8 Å². The minimum Gasteiger partial charge on any atom is -0.456 e. The van der Waals surface area contributed by atoms with Crippen molar-refractivity contribution in [3.05, 3.63) is 194 Å². The Morgan fingerprint density at radius 1 is 0.466 bits per heavy atom. The van der Waals surface area contributed by atoms with Crippen LogP contribution >= 0.6 is 11.8 Å². The zero-order chi connectivity index (χ0) is 37.9. The predicted molar refractivity (Wildman–Crippen MR) is 244 cm³/mol. The molecule has 3 nitrogen and oxygen atoms in total. The molecule has 0 spiro atoms. The monoisotopic (exact) mass is 759 g/mol. The summed E-state index contributed by atoms with van der Waals surface area (Å²) in [4.78, 5) is 3.79. The Labute approximate surface area is 338 Å². The van der Waals surface area contributed by atoms with Crippen LogP contribution < -0.4 is 4.90 Å².